The molecule has 8 heteroatoms. The molecule has 0 aliphatic carbocycles. The molecule has 0 amide bonds. The zero-order chi connectivity index (χ0) is 22.8. The standard InChI is InChI=1S/C24H26ClN3O4/c1-14(2)23(18-6-8-21-20(10-18)24(25)27-26-21)31-19-7-5-17-9-16(13-30-22(17)11-19)12-28(4)32-15(3)29/h5-11,14,23H,12-13H2,1-4H3,(H,26,27). The number of rotatable bonds is 7. The minimum atomic E-state index is -0.346. The van der Waals surface area contributed by atoms with Crippen LogP contribution in [0.1, 0.15) is 38.0 Å². The lowest BCUT2D eigenvalue weighted by atomic mass is 9.97. The number of ether oxygens (including phenoxy) is 2. The van der Waals surface area contributed by atoms with Crippen molar-refractivity contribution < 1.29 is 19.1 Å². The highest BCUT2D eigenvalue weighted by Crippen LogP contribution is 2.35. The lowest BCUT2D eigenvalue weighted by Gasteiger charge is -2.25. The van der Waals surface area contributed by atoms with E-state index in [2.05, 4.69) is 30.1 Å². The Morgan fingerprint density at radius 1 is 1.28 bits per heavy atom. The molecule has 1 aliphatic heterocycles. The minimum absolute atomic E-state index is 0.157. The third-order valence-electron chi connectivity index (χ3n) is 5.20. The predicted molar refractivity (Wildman–Crippen MR) is 124 cm³/mol. The quantitative estimate of drug-likeness (QED) is 0.495. The van der Waals surface area contributed by atoms with Crippen molar-refractivity contribution in [3.63, 3.8) is 0 Å². The molecule has 3 aromatic rings. The number of hydrogen-bond donors (Lipinski definition) is 1. The molecule has 2 aromatic carbocycles. The van der Waals surface area contributed by atoms with Gasteiger partial charge in [0, 0.05) is 31.0 Å². The predicted octanol–water partition coefficient (Wildman–Crippen LogP) is 5.18. The lowest BCUT2D eigenvalue weighted by Crippen LogP contribution is -2.26. The van der Waals surface area contributed by atoms with Crippen LogP contribution in [0.5, 0.6) is 11.5 Å². The van der Waals surface area contributed by atoms with Crippen LogP contribution in [0.15, 0.2) is 42.0 Å². The maximum Gasteiger partial charge on any atom is 0.322 e. The first-order chi connectivity index (χ1) is 15.3. The number of aromatic amines is 1. The molecule has 168 valence electrons. The van der Waals surface area contributed by atoms with Gasteiger partial charge in [-0.15, -0.1) is 5.06 Å². The Morgan fingerprint density at radius 3 is 2.84 bits per heavy atom. The number of likely N-dealkylation sites (N-methyl/N-ethyl adjacent to an activating group) is 1. The normalized spacial score (nSPS) is 14.2. The van der Waals surface area contributed by atoms with Crippen LogP contribution in [-0.2, 0) is 9.63 Å². The number of aromatic nitrogens is 2. The van der Waals surface area contributed by atoms with E-state index in [4.69, 9.17) is 25.9 Å². The van der Waals surface area contributed by atoms with E-state index in [0.29, 0.717) is 18.3 Å². The Balaban J connectivity index is 1.53. The van der Waals surface area contributed by atoms with E-state index in [1.165, 1.54) is 12.0 Å². The summed E-state index contributed by atoms with van der Waals surface area (Å²) in [7, 11) is 1.72. The number of hydrogen-bond acceptors (Lipinski definition) is 6. The van der Waals surface area contributed by atoms with Gasteiger partial charge in [0.25, 0.3) is 0 Å². The van der Waals surface area contributed by atoms with E-state index in [1.807, 2.05) is 36.4 Å². The largest absolute Gasteiger partial charge is 0.488 e. The number of nitrogens with one attached hydrogen (secondary N) is 1. The number of hydroxylamine groups is 2. The van der Waals surface area contributed by atoms with E-state index < -0.39 is 0 Å². The molecule has 1 aliphatic rings. The fourth-order valence-electron chi connectivity index (χ4n) is 3.80. The zero-order valence-corrected chi connectivity index (χ0v) is 19.3. The molecule has 1 atom stereocenters. The molecule has 0 saturated heterocycles. The van der Waals surface area contributed by atoms with Gasteiger partial charge in [0.15, 0.2) is 0 Å². The van der Waals surface area contributed by atoms with E-state index in [0.717, 1.165) is 39.1 Å². The van der Waals surface area contributed by atoms with Gasteiger partial charge in [-0.05, 0) is 47.4 Å². The van der Waals surface area contributed by atoms with Crippen molar-refractivity contribution in [2.75, 3.05) is 20.2 Å². The number of benzene rings is 2. The second-order valence-electron chi connectivity index (χ2n) is 8.26. The van der Waals surface area contributed by atoms with Gasteiger partial charge < -0.3 is 14.3 Å². The fraction of sp³-hybridized carbons (Fsp3) is 0.333. The van der Waals surface area contributed by atoms with Crippen LogP contribution in [0.3, 0.4) is 0 Å². The van der Waals surface area contributed by atoms with Gasteiger partial charge in [0.2, 0.25) is 0 Å². The molecule has 1 unspecified atom stereocenters. The maximum absolute atomic E-state index is 11.1. The summed E-state index contributed by atoms with van der Waals surface area (Å²) in [4.78, 5) is 16.2. The molecule has 0 spiro atoms. The molecule has 2 heterocycles. The first-order valence-electron chi connectivity index (χ1n) is 10.5. The Kier molecular flexibility index (Phi) is 6.39. The first kappa shape index (κ1) is 22.2. The Hall–Kier alpha value is -3.03. The smallest absolute Gasteiger partial charge is 0.322 e. The molecule has 0 radical (unpaired) electrons. The Bertz CT molecular complexity index is 1170. The molecule has 1 aromatic heterocycles. The van der Waals surface area contributed by atoms with Crippen LogP contribution in [0.4, 0.5) is 0 Å². The lowest BCUT2D eigenvalue weighted by molar-refractivity contribution is -0.179. The molecule has 4 rings (SSSR count). The number of halogens is 1. The van der Waals surface area contributed by atoms with Crippen LogP contribution in [0, 0.1) is 5.92 Å². The third-order valence-corrected chi connectivity index (χ3v) is 5.48. The number of fused-ring (bicyclic) bond motifs is 2. The van der Waals surface area contributed by atoms with Crippen LogP contribution in [0.25, 0.3) is 17.0 Å². The highest BCUT2D eigenvalue weighted by molar-refractivity contribution is 6.34. The summed E-state index contributed by atoms with van der Waals surface area (Å²) in [6.45, 7) is 6.52. The average Bonchev–Trinajstić information content (AvgIpc) is 3.11. The molecule has 0 saturated carbocycles. The van der Waals surface area contributed by atoms with Crippen molar-refractivity contribution in [2.24, 2.45) is 5.92 Å². The number of nitrogens with zero attached hydrogens (tertiary/aromatic N) is 2. The SMILES string of the molecule is CC(=O)ON(C)CC1=Cc2ccc(OC(c3ccc4n[nH]c(Cl)c4c3)C(C)C)cc2OC1. The first-order valence-corrected chi connectivity index (χ1v) is 10.8. The summed E-state index contributed by atoms with van der Waals surface area (Å²) in [5, 5.41) is 9.89. The van der Waals surface area contributed by atoms with Gasteiger partial charge in [-0.2, -0.15) is 5.10 Å². The van der Waals surface area contributed by atoms with Crippen molar-refractivity contribution in [3.8, 4) is 11.5 Å². The summed E-state index contributed by atoms with van der Waals surface area (Å²) in [5.41, 5.74) is 3.83. The number of H-pyrrole nitrogens is 1. The summed E-state index contributed by atoms with van der Waals surface area (Å²) in [6.07, 6.45) is 1.90. The van der Waals surface area contributed by atoms with Crippen molar-refractivity contribution in [1.82, 2.24) is 15.3 Å². The summed E-state index contributed by atoms with van der Waals surface area (Å²) in [6, 6.07) is 11.8. The third kappa shape index (κ3) is 4.89. The van der Waals surface area contributed by atoms with E-state index in [-0.39, 0.29) is 18.0 Å². The number of carbonyl (C=O) groups excluding carboxylic acids is 1. The zero-order valence-electron chi connectivity index (χ0n) is 18.5. The van der Waals surface area contributed by atoms with Crippen LogP contribution < -0.4 is 9.47 Å². The van der Waals surface area contributed by atoms with E-state index >= 15 is 0 Å². The van der Waals surface area contributed by atoms with Gasteiger partial charge >= 0.3 is 5.97 Å². The van der Waals surface area contributed by atoms with Gasteiger partial charge in [-0.25, -0.2) is 0 Å². The van der Waals surface area contributed by atoms with Gasteiger partial charge in [0.05, 0.1) is 12.1 Å². The molecular weight excluding hydrogens is 430 g/mol. The highest BCUT2D eigenvalue weighted by Gasteiger charge is 2.21. The van der Waals surface area contributed by atoms with Crippen LogP contribution in [0.2, 0.25) is 5.15 Å². The van der Waals surface area contributed by atoms with Gasteiger partial charge in [0.1, 0.15) is 29.4 Å². The Labute approximate surface area is 191 Å². The molecular formula is C24H26ClN3O4. The van der Waals surface area contributed by atoms with Crippen molar-refractivity contribution >= 4 is 34.5 Å². The Morgan fingerprint density at radius 2 is 2.09 bits per heavy atom. The molecule has 0 bridgehead atoms. The summed E-state index contributed by atoms with van der Waals surface area (Å²) >= 11 is 6.23. The topological polar surface area (TPSA) is 76.7 Å². The molecule has 32 heavy (non-hydrogen) atoms. The monoisotopic (exact) mass is 455 g/mol. The van der Waals surface area contributed by atoms with E-state index in [1.54, 1.807) is 7.05 Å². The van der Waals surface area contributed by atoms with Crippen molar-refractivity contribution in [2.45, 2.75) is 26.9 Å². The molecule has 7 nitrogen and oxygen atoms in total. The van der Waals surface area contributed by atoms with Gasteiger partial charge in [-0.3, -0.25) is 9.89 Å². The fourth-order valence-corrected chi connectivity index (χ4v) is 4.00. The molecule has 0 fully saturated rings. The average molecular weight is 456 g/mol. The molecule has 1 N–H and O–H groups in total. The van der Waals surface area contributed by atoms with Gasteiger partial charge in [-0.1, -0.05) is 31.5 Å². The summed E-state index contributed by atoms with van der Waals surface area (Å²) < 4.78 is 12.3. The summed E-state index contributed by atoms with van der Waals surface area (Å²) in [5.74, 6) is 1.38. The number of carbonyl (C=O) groups is 1. The highest BCUT2D eigenvalue weighted by atomic mass is 35.5. The minimum Gasteiger partial charge on any atom is -0.488 e. The van der Waals surface area contributed by atoms with Crippen molar-refractivity contribution in [1.29, 1.82) is 0 Å². The van der Waals surface area contributed by atoms with Crippen LogP contribution in [-0.4, -0.2) is 41.4 Å². The van der Waals surface area contributed by atoms with Crippen LogP contribution >= 0.6 is 11.6 Å². The maximum atomic E-state index is 11.1. The van der Waals surface area contributed by atoms with Crippen molar-refractivity contribution in [3.05, 3.63) is 58.3 Å². The second kappa shape index (κ2) is 9.22. The van der Waals surface area contributed by atoms with E-state index in [9.17, 15) is 4.79 Å². The second-order valence-corrected chi connectivity index (χ2v) is 8.63.